The van der Waals surface area contributed by atoms with Crippen LogP contribution in [0.15, 0.2) is 72.4 Å². The van der Waals surface area contributed by atoms with Crippen LogP contribution in [0.1, 0.15) is 40.4 Å². The van der Waals surface area contributed by atoms with Gasteiger partial charge in [-0.3, -0.25) is 14.6 Å². The normalized spacial score (nSPS) is 19.2. The number of hydrogen-bond donors (Lipinski definition) is 1. The lowest BCUT2D eigenvalue weighted by molar-refractivity contribution is -0.140. The van der Waals surface area contributed by atoms with Crippen LogP contribution in [0.3, 0.4) is 0 Å². The Balaban J connectivity index is 1.60. The van der Waals surface area contributed by atoms with E-state index in [0.717, 1.165) is 35.4 Å². The highest BCUT2D eigenvalue weighted by atomic mass is 19.4. The second-order valence-electron chi connectivity index (χ2n) is 8.65. The Bertz CT molecular complexity index is 1370. The van der Waals surface area contributed by atoms with Crippen molar-refractivity contribution in [3.8, 4) is 5.75 Å². The molecule has 5 rings (SSSR count). The molecule has 0 radical (unpaired) electrons. The van der Waals surface area contributed by atoms with E-state index < -0.39 is 29.5 Å². The Labute approximate surface area is 204 Å². The molecule has 1 saturated heterocycles. The summed E-state index contributed by atoms with van der Waals surface area (Å²) in [6.07, 6.45) is -1.52. The first-order chi connectivity index (χ1) is 17.2. The molecule has 9 heteroatoms. The summed E-state index contributed by atoms with van der Waals surface area (Å²) in [7, 11) is 0. The van der Waals surface area contributed by atoms with E-state index in [1.54, 1.807) is 36.4 Å². The molecule has 184 valence electrons. The van der Waals surface area contributed by atoms with Gasteiger partial charge in [-0.1, -0.05) is 18.2 Å². The number of rotatable bonds is 4. The van der Waals surface area contributed by atoms with Crippen LogP contribution in [0.25, 0.3) is 5.76 Å². The molecule has 1 unspecified atom stereocenters. The van der Waals surface area contributed by atoms with E-state index in [-0.39, 0.29) is 23.4 Å². The molecule has 2 aliphatic rings. The van der Waals surface area contributed by atoms with Gasteiger partial charge in [0.1, 0.15) is 17.6 Å². The third kappa shape index (κ3) is 4.32. The number of ketones is 1. The van der Waals surface area contributed by atoms with E-state index in [1.165, 1.54) is 18.3 Å². The second-order valence-corrected chi connectivity index (χ2v) is 8.65. The first kappa shape index (κ1) is 23.6. The smallest absolute Gasteiger partial charge is 0.416 e. The van der Waals surface area contributed by atoms with Crippen LogP contribution >= 0.6 is 0 Å². The number of likely N-dealkylation sites (tertiary alicyclic amines) is 1. The molecule has 6 nitrogen and oxygen atoms in total. The second kappa shape index (κ2) is 9.14. The van der Waals surface area contributed by atoms with Gasteiger partial charge in [0.15, 0.2) is 0 Å². The number of fused-ring (bicyclic) bond motifs is 1. The first-order valence-corrected chi connectivity index (χ1v) is 11.4. The highest BCUT2D eigenvalue weighted by Crippen LogP contribution is 2.40. The molecule has 3 heterocycles. The number of benzene rings is 2. The van der Waals surface area contributed by atoms with E-state index in [4.69, 9.17) is 4.74 Å². The average Bonchev–Trinajstić information content (AvgIpc) is 3.13. The maximum Gasteiger partial charge on any atom is 0.416 e. The van der Waals surface area contributed by atoms with Gasteiger partial charge in [-0.05, 0) is 66.4 Å². The van der Waals surface area contributed by atoms with Crippen molar-refractivity contribution < 1.29 is 32.6 Å². The summed E-state index contributed by atoms with van der Waals surface area (Å²) in [6.45, 7) is 0.323. The summed E-state index contributed by atoms with van der Waals surface area (Å²) in [5.74, 6) is -1.52. The fraction of sp³-hybridized carbons (Fsp3) is 0.222. The van der Waals surface area contributed by atoms with Crippen LogP contribution in [-0.2, 0) is 28.7 Å². The maximum atomic E-state index is 13.2. The Morgan fingerprint density at radius 2 is 1.92 bits per heavy atom. The fourth-order valence-corrected chi connectivity index (χ4v) is 4.59. The summed E-state index contributed by atoms with van der Waals surface area (Å²) >= 11 is 0. The lowest BCUT2D eigenvalue weighted by Gasteiger charge is -2.25. The highest BCUT2D eigenvalue weighted by molar-refractivity contribution is 6.46. The number of hydrogen-bond acceptors (Lipinski definition) is 5. The Morgan fingerprint density at radius 1 is 1.08 bits per heavy atom. The molecule has 1 amide bonds. The minimum absolute atomic E-state index is 0.164. The number of nitrogens with zero attached hydrogens (tertiary/aromatic N) is 2. The number of pyridine rings is 1. The molecule has 1 atom stereocenters. The number of aromatic nitrogens is 1. The number of aliphatic hydroxyl groups excluding tert-OH is 1. The summed E-state index contributed by atoms with van der Waals surface area (Å²) in [4.78, 5) is 31.7. The monoisotopic (exact) mass is 494 g/mol. The van der Waals surface area contributed by atoms with Crippen molar-refractivity contribution in [2.75, 3.05) is 6.61 Å². The number of amides is 1. The number of alkyl halides is 3. The van der Waals surface area contributed by atoms with Gasteiger partial charge < -0.3 is 14.7 Å². The molecule has 1 aromatic heterocycles. The van der Waals surface area contributed by atoms with Crippen molar-refractivity contribution in [3.63, 3.8) is 0 Å². The molecule has 0 saturated carbocycles. The quantitative estimate of drug-likeness (QED) is 0.312. The van der Waals surface area contributed by atoms with E-state index in [1.807, 2.05) is 0 Å². The molecule has 2 aromatic carbocycles. The van der Waals surface area contributed by atoms with Gasteiger partial charge in [-0.25, -0.2) is 0 Å². The summed E-state index contributed by atoms with van der Waals surface area (Å²) < 4.78 is 45.3. The predicted octanol–water partition coefficient (Wildman–Crippen LogP) is 5.05. The largest absolute Gasteiger partial charge is 0.507 e. The van der Waals surface area contributed by atoms with Gasteiger partial charge in [0, 0.05) is 18.3 Å². The molecule has 2 aliphatic heterocycles. The summed E-state index contributed by atoms with van der Waals surface area (Å²) in [5, 5.41) is 11.2. The lowest BCUT2D eigenvalue weighted by Crippen LogP contribution is -2.29. The van der Waals surface area contributed by atoms with Crippen LogP contribution < -0.4 is 4.74 Å². The number of halogens is 3. The van der Waals surface area contributed by atoms with Gasteiger partial charge in [0.2, 0.25) is 0 Å². The maximum absolute atomic E-state index is 13.2. The van der Waals surface area contributed by atoms with Crippen LogP contribution in [0.5, 0.6) is 5.75 Å². The van der Waals surface area contributed by atoms with Gasteiger partial charge in [-0.15, -0.1) is 0 Å². The third-order valence-corrected chi connectivity index (χ3v) is 6.30. The molecule has 1 fully saturated rings. The zero-order chi connectivity index (χ0) is 25.4. The Hall–Kier alpha value is -4.14. The SMILES string of the molecule is O=C1C(=O)N(Cc2cccc(C(F)(F)F)c2)C(c2ccccn2)/C1=C(/O)c1ccc2c(c1)CCCO2. The van der Waals surface area contributed by atoms with E-state index in [9.17, 15) is 27.9 Å². The predicted molar refractivity (Wildman–Crippen MR) is 124 cm³/mol. The fourth-order valence-electron chi connectivity index (χ4n) is 4.59. The molecule has 3 aromatic rings. The molecule has 0 spiro atoms. The first-order valence-electron chi connectivity index (χ1n) is 11.4. The van der Waals surface area contributed by atoms with Crippen molar-refractivity contribution >= 4 is 17.4 Å². The Morgan fingerprint density at radius 3 is 2.67 bits per heavy atom. The lowest BCUT2D eigenvalue weighted by atomic mass is 9.96. The van der Waals surface area contributed by atoms with Crippen LogP contribution in [0.2, 0.25) is 0 Å². The van der Waals surface area contributed by atoms with Crippen molar-refractivity contribution in [1.82, 2.24) is 9.88 Å². The zero-order valence-corrected chi connectivity index (χ0v) is 19.0. The number of Topliss-reactive ketones (excluding diaryl/α,β-unsaturated/α-hetero) is 1. The van der Waals surface area contributed by atoms with Gasteiger partial charge >= 0.3 is 6.18 Å². The number of carbonyl (C=O) groups excluding carboxylic acids is 2. The van der Waals surface area contributed by atoms with Gasteiger partial charge in [-0.2, -0.15) is 13.2 Å². The van der Waals surface area contributed by atoms with Crippen LogP contribution in [-0.4, -0.2) is 33.3 Å². The van der Waals surface area contributed by atoms with E-state index in [0.29, 0.717) is 23.6 Å². The van der Waals surface area contributed by atoms with Crippen molar-refractivity contribution in [3.05, 3.63) is 100 Å². The molecule has 1 N–H and O–H groups in total. The molecular formula is C27H21F3N2O4. The van der Waals surface area contributed by atoms with Gasteiger partial charge in [0.25, 0.3) is 11.7 Å². The van der Waals surface area contributed by atoms with E-state index >= 15 is 0 Å². The van der Waals surface area contributed by atoms with Crippen molar-refractivity contribution in [2.45, 2.75) is 31.6 Å². The van der Waals surface area contributed by atoms with E-state index in [2.05, 4.69) is 4.98 Å². The minimum Gasteiger partial charge on any atom is -0.507 e. The molecular weight excluding hydrogens is 473 g/mol. The standard InChI is InChI=1S/C27H21F3N2O4/c28-27(29,30)19-7-3-5-16(13-19)15-32-23(20-8-1-2-11-31-20)22(25(34)26(32)35)24(33)18-9-10-21-17(14-18)6-4-12-36-21/h1-3,5,7-11,13-14,23,33H,4,6,12,15H2/b24-22-. The number of carbonyl (C=O) groups is 2. The van der Waals surface area contributed by atoms with Gasteiger partial charge in [0.05, 0.1) is 23.4 Å². The third-order valence-electron chi connectivity index (χ3n) is 6.30. The highest BCUT2D eigenvalue weighted by Gasteiger charge is 2.47. The molecule has 0 bridgehead atoms. The zero-order valence-electron chi connectivity index (χ0n) is 19.0. The van der Waals surface area contributed by atoms with Crippen LogP contribution in [0, 0.1) is 0 Å². The molecule has 0 aliphatic carbocycles. The number of ether oxygens (including phenoxy) is 1. The molecule has 36 heavy (non-hydrogen) atoms. The van der Waals surface area contributed by atoms with Crippen molar-refractivity contribution in [2.24, 2.45) is 0 Å². The minimum atomic E-state index is -4.55. The number of aryl methyl sites for hydroxylation is 1. The topological polar surface area (TPSA) is 79.7 Å². The van der Waals surface area contributed by atoms with Crippen molar-refractivity contribution in [1.29, 1.82) is 0 Å². The Kier molecular flexibility index (Phi) is 5.99. The number of aliphatic hydroxyl groups is 1. The average molecular weight is 494 g/mol. The van der Waals surface area contributed by atoms with Crippen LogP contribution in [0.4, 0.5) is 13.2 Å². The summed E-state index contributed by atoms with van der Waals surface area (Å²) in [6, 6.07) is 13.5. The summed E-state index contributed by atoms with van der Waals surface area (Å²) in [5.41, 5.74) is 0.699.